The minimum absolute atomic E-state index is 0.103. The third kappa shape index (κ3) is 4.36. The number of aromatic nitrogens is 4. The zero-order valence-electron chi connectivity index (χ0n) is 17.1. The van der Waals surface area contributed by atoms with Crippen LogP contribution in [-0.2, 0) is 23.2 Å². The van der Waals surface area contributed by atoms with E-state index in [0.29, 0.717) is 35.6 Å². The van der Waals surface area contributed by atoms with Gasteiger partial charge in [-0.3, -0.25) is 4.79 Å². The molecular formula is C22H24ClN5O2. The maximum atomic E-state index is 12.2. The third-order valence-electron chi connectivity index (χ3n) is 5.52. The molecule has 1 aliphatic rings. The molecule has 156 valence electrons. The number of benzene rings is 1. The van der Waals surface area contributed by atoms with Crippen LogP contribution in [-0.4, -0.2) is 26.1 Å². The highest BCUT2D eigenvalue weighted by atomic mass is 35.5. The van der Waals surface area contributed by atoms with Gasteiger partial charge in [-0.2, -0.15) is 0 Å². The first-order valence-corrected chi connectivity index (χ1v) is 10.5. The average molecular weight is 426 g/mol. The second-order valence-electron chi connectivity index (χ2n) is 7.79. The fourth-order valence-electron chi connectivity index (χ4n) is 3.84. The summed E-state index contributed by atoms with van der Waals surface area (Å²) in [7, 11) is 0. The fraction of sp³-hybridized carbons (Fsp3) is 0.409. The Kier molecular flexibility index (Phi) is 5.81. The van der Waals surface area contributed by atoms with Crippen LogP contribution in [0.25, 0.3) is 0 Å². The molecule has 0 radical (unpaired) electrons. The van der Waals surface area contributed by atoms with Crippen LogP contribution >= 0.6 is 11.6 Å². The van der Waals surface area contributed by atoms with Crippen LogP contribution in [0.3, 0.4) is 0 Å². The number of hydrogen-bond donors (Lipinski definition) is 1. The first kappa shape index (κ1) is 20.5. The molecule has 0 saturated heterocycles. The predicted molar refractivity (Wildman–Crippen MR) is 112 cm³/mol. The van der Waals surface area contributed by atoms with Gasteiger partial charge in [-0.1, -0.05) is 30.2 Å². The third-order valence-corrected chi connectivity index (χ3v) is 5.77. The molecule has 1 saturated carbocycles. The van der Waals surface area contributed by atoms with Crippen molar-refractivity contribution in [3.8, 4) is 0 Å². The summed E-state index contributed by atoms with van der Waals surface area (Å²) in [5.41, 5.74) is 2.67. The van der Waals surface area contributed by atoms with E-state index in [1.54, 1.807) is 0 Å². The van der Waals surface area contributed by atoms with E-state index in [0.717, 1.165) is 36.2 Å². The van der Waals surface area contributed by atoms with Gasteiger partial charge in [-0.15, -0.1) is 10.2 Å². The quantitative estimate of drug-likeness (QED) is 0.617. The zero-order valence-corrected chi connectivity index (χ0v) is 17.9. The van der Waals surface area contributed by atoms with Gasteiger partial charge in [0, 0.05) is 29.3 Å². The van der Waals surface area contributed by atoms with Crippen molar-refractivity contribution in [3.63, 3.8) is 0 Å². The van der Waals surface area contributed by atoms with E-state index in [4.69, 9.17) is 16.0 Å². The summed E-state index contributed by atoms with van der Waals surface area (Å²) in [6, 6.07) is 9.72. The highest BCUT2D eigenvalue weighted by Gasteiger charge is 2.45. The average Bonchev–Trinajstić information content (AvgIpc) is 3.14. The van der Waals surface area contributed by atoms with E-state index in [-0.39, 0.29) is 17.7 Å². The molecular weight excluding hydrogens is 402 g/mol. The van der Waals surface area contributed by atoms with E-state index >= 15 is 0 Å². The second-order valence-corrected chi connectivity index (χ2v) is 8.22. The molecule has 1 amide bonds. The number of carbonyl (C=O) groups is 1. The maximum Gasteiger partial charge on any atom is 0.227 e. The largest absolute Gasteiger partial charge is 0.424 e. The predicted octanol–water partition coefficient (Wildman–Crippen LogP) is 3.85. The Hall–Kier alpha value is -2.80. The van der Waals surface area contributed by atoms with Gasteiger partial charge < -0.3 is 9.73 Å². The molecule has 0 aliphatic heterocycles. The minimum atomic E-state index is -0.238. The molecule has 4 rings (SSSR count). The standard InChI is InChI=1S/C22H24ClN5O2/c1-14-12-15(2)26-18(25-14)13-24-19(29)8-9-20-27-28-21(30-20)22(10-3-11-22)16-4-6-17(23)7-5-16/h4-7,12H,3,8-11,13H2,1-2H3,(H,24,29). The van der Waals surface area contributed by atoms with Gasteiger partial charge >= 0.3 is 0 Å². The summed E-state index contributed by atoms with van der Waals surface area (Å²) in [6.07, 6.45) is 3.70. The van der Waals surface area contributed by atoms with E-state index in [1.165, 1.54) is 0 Å². The first-order valence-electron chi connectivity index (χ1n) is 10.1. The zero-order chi connectivity index (χ0) is 21.1. The van der Waals surface area contributed by atoms with Crippen LogP contribution in [0, 0.1) is 13.8 Å². The molecule has 0 unspecified atom stereocenters. The summed E-state index contributed by atoms with van der Waals surface area (Å²) in [4.78, 5) is 20.9. The van der Waals surface area contributed by atoms with Crippen molar-refractivity contribution in [1.82, 2.24) is 25.5 Å². The summed E-state index contributed by atoms with van der Waals surface area (Å²) < 4.78 is 5.96. The molecule has 30 heavy (non-hydrogen) atoms. The Morgan fingerprint density at radius 2 is 1.83 bits per heavy atom. The molecule has 2 heterocycles. The smallest absolute Gasteiger partial charge is 0.227 e. The lowest BCUT2D eigenvalue weighted by Gasteiger charge is -2.39. The van der Waals surface area contributed by atoms with Crippen LogP contribution in [0.2, 0.25) is 5.02 Å². The first-order chi connectivity index (χ1) is 14.4. The molecule has 0 spiro atoms. The van der Waals surface area contributed by atoms with E-state index < -0.39 is 0 Å². The topological polar surface area (TPSA) is 93.8 Å². The number of rotatable bonds is 7. The van der Waals surface area contributed by atoms with Gasteiger partial charge in [0.2, 0.25) is 17.7 Å². The monoisotopic (exact) mass is 425 g/mol. The normalized spacial score (nSPS) is 14.9. The maximum absolute atomic E-state index is 12.2. The lowest BCUT2D eigenvalue weighted by Crippen LogP contribution is -2.35. The van der Waals surface area contributed by atoms with Crippen LogP contribution in [0.5, 0.6) is 0 Å². The lowest BCUT2D eigenvalue weighted by atomic mass is 9.64. The summed E-state index contributed by atoms with van der Waals surface area (Å²) in [5.74, 6) is 1.60. The Bertz CT molecular complexity index is 1020. The number of nitrogens with zero attached hydrogens (tertiary/aromatic N) is 4. The molecule has 7 nitrogen and oxygen atoms in total. The Balaban J connectivity index is 1.35. The van der Waals surface area contributed by atoms with E-state index in [9.17, 15) is 4.79 Å². The van der Waals surface area contributed by atoms with Gasteiger partial charge in [0.1, 0.15) is 5.82 Å². The molecule has 0 bridgehead atoms. The van der Waals surface area contributed by atoms with Gasteiger partial charge in [0.25, 0.3) is 0 Å². The van der Waals surface area contributed by atoms with Gasteiger partial charge in [0.05, 0.1) is 12.0 Å². The SMILES string of the molecule is Cc1cc(C)nc(CNC(=O)CCc2nnc(C3(c4ccc(Cl)cc4)CCC3)o2)n1. The second kappa shape index (κ2) is 8.52. The number of amides is 1. The van der Waals surface area contributed by atoms with Gasteiger partial charge in [-0.25, -0.2) is 9.97 Å². The number of carbonyl (C=O) groups excluding carboxylic acids is 1. The van der Waals surface area contributed by atoms with Crippen molar-refractivity contribution in [2.24, 2.45) is 0 Å². The number of hydrogen-bond acceptors (Lipinski definition) is 6. The van der Waals surface area contributed by atoms with Crippen molar-refractivity contribution in [2.75, 3.05) is 0 Å². The lowest BCUT2D eigenvalue weighted by molar-refractivity contribution is -0.121. The minimum Gasteiger partial charge on any atom is -0.424 e. The Morgan fingerprint density at radius 3 is 2.47 bits per heavy atom. The summed E-state index contributed by atoms with van der Waals surface area (Å²) in [5, 5.41) is 12.0. The number of nitrogens with one attached hydrogen (secondary N) is 1. The molecule has 1 fully saturated rings. The molecule has 8 heteroatoms. The van der Waals surface area contributed by atoms with Crippen LogP contribution in [0.15, 0.2) is 34.7 Å². The van der Waals surface area contributed by atoms with Crippen LogP contribution in [0.1, 0.15) is 60.2 Å². The molecule has 1 aromatic carbocycles. The van der Waals surface area contributed by atoms with E-state index in [2.05, 4.69) is 25.5 Å². The Labute approximate surface area is 180 Å². The molecule has 2 aromatic heterocycles. The molecule has 3 aromatic rings. The molecule has 1 N–H and O–H groups in total. The van der Waals surface area contributed by atoms with Crippen molar-refractivity contribution in [2.45, 2.75) is 57.9 Å². The van der Waals surface area contributed by atoms with Crippen molar-refractivity contribution in [1.29, 1.82) is 0 Å². The number of halogens is 1. The summed E-state index contributed by atoms with van der Waals surface area (Å²) in [6.45, 7) is 4.12. The van der Waals surface area contributed by atoms with Gasteiger partial charge in [-0.05, 0) is 50.5 Å². The van der Waals surface area contributed by atoms with Gasteiger partial charge in [0.15, 0.2) is 0 Å². The fourth-order valence-corrected chi connectivity index (χ4v) is 3.96. The molecule has 1 aliphatic carbocycles. The summed E-state index contributed by atoms with van der Waals surface area (Å²) >= 11 is 6.03. The van der Waals surface area contributed by atoms with Crippen molar-refractivity contribution < 1.29 is 9.21 Å². The Morgan fingerprint density at radius 1 is 1.13 bits per heavy atom. The highest BCUT2D eigenvalue weighted by Crippen LogP contribution is 2.48. The van der Waals surface area contributed by atoms with Crippen molar-refractivity contribution in [3.05, 3.63) is 69.9 Å². The molecule has 0 atom stereocenters. The highest BCUT2D eigenvalue weighted by molar-refractivity contribution is 6.30. The van der Waals surface area contributed by atoms with Crippen molar-refractivity contribution >= 4 is 17.5 Å². The number of aryl methyl sites for hydroxylation is 3. The van der Waals surface area contributed by atoms with Crippen LogP contribution < -0.4 is 5.32 Å². The van der Waals surface area contributed by atoms with Crippen LogP contribution in [0.4, 0.5) is 0 Å². The van der Waals surface area contributed by atoms with E-state index in [1.807, 2.05) is 44.2 Å².